The topological polar surface area (TPSA) is 15.3 Å². The van der Waals surface area contributed by atoms with Gasteiger partial charge < -0.3 is 10.2 Å². The molecule has 0 amide bonds. The number of hydrogen-bond acceptors (Lipinski definition) is 2. The van der Waals surface area contributed by atoms with E-state index in [2.05, 4.69) is 51.0 Å². The minimum atomic E-state index is 0.664. The van der Waals surface area contributed by atoms with Crippen LogP contribution in [-0.4, -0.2) is 37.6 Å². The molecule has 1 rings (SSSR count). The molecule has 0 spiro atoms. The number of rotatable bonds is 7. The number of allylic oxidation sites excluding steroid dienone is 2. The smallest absolute Gasteiger partial charge is 0.00355 e. The Balaban J connectivity index is 2.07. The summed E-state index contributed by atoms with van der Waals surface area (Å²) in [7, 11) is 2.21. The number of hydrogen-bond donors (Lipinski definition) is 1. The van der Waals surface area contributed by atoms with Crippen LogP contribution in [0.25, 0.3) is 0 Å². The number of nitrogens with one attached hydrogen (secondary N) is 1. The molecule has 2 atom stereocenters. The van der Waals surface area contributed by atoms with E-state index in [-0.39, 0.29) is 0 Å². The van der Waals surface area contributed by atoms with Gasteiger partial charge in [-0.25, -0.2) is 0 Å². The molecule has 106 valence electrons. The van der Waals surface area contributed by atoms with Crippen molar-refractivity contribution in [3.63, 3.8) is 0 Å². The molecular formula is C16H32N2. The first-order valence-electron chi connectivity index (χ1n) is 7.57. The standard InChI is InChI=1S/C16H32N2/c1-13(2)18(5)8-6-7-17-12-16-10-14(3)9-15(4)11-16/h9,13-14,16-17H,6-8,10-12H2,1-5H3. The maximum atomic E-state index is 3.64. The Labute approximate surface area is 114 Å². The van der Waals surface area contributed by atoms with E-state index < -0.39 is 0 Å². The lowest BCUT2D eigenvalue weighted by atomic mass is 9.84. The van der Waals surface area contributed by atoms with Crippen molar-refractivity contribution in [1.29, 1.82) is 0 Å². The van der Waals surface area contributed by atoms with Gasteiger partial charge >= 0.3 is 0 Å². The number of nitrogens with zero attached hydrogens (tertiary/aromatic N) is 1. The van der Waals surface area contributed by atoms with Crippen LogP contribution in [0.2, 0.25) is 0 Å². The lowest BCUT2D eigenvalue weighted by Gasteiger charge is -2.26. The van der Waals surface area contributed by atoms with Crippen molar-refractivity contribution in [3.8, 4) is 0 Å². The second-order valence-electron chi connectivity index (χ2n) is 6.43. The zero-order valence-corrected chi connectivity index (χ0v) is 13.0. The zero-order valence-electron chi connectivity index (χ0n) is 13.0. The molecule has 0 aliphatic heterocycles. The van der Waals surface area contributed by atoms with Crippen LogP contribution in [-0.2, 0) is 0 Å². The Kier molecular flexibility index (Phi) is 6.95. The highest BCUT2D eigenvalue weighted by Gasteiger charge is 2.17. The van der Waals surface area contributed by atoms with E-state index in [4.69, 9.17) is 0 Å². The molecule has 0 fully saturated rings. The first-order chi connectivity index (χ1) is 8.49. The van der Waals surface area contributed by atoms with Crippen molar-refractivity contribution >= 4 is 0 Å². The Bertz CT molecular complexity index is 258. The molecule has 1 aliphatic rings. The molecular weight excluding hydrogens is 220 g/mol. The van der Waals surface area contributed by atoms with Crippen LogP contribution in [0.15, 0.2) is 11.6 Å². The van der Waals surface area contributed by atoms with Gasteiger partial charge in [-0.1, -0.05) is 18.6 Å². The fraction of sp³-hybridized carbons (Fsp3) is 0.875. The summed E-state index contributed by atoms with van der Waals surface area (Å²) in [5, 5.41) is 3.64. The van der Waals surface area contributed by atoms with Gasteiger partial charge in [-0.05, 0) is 78.6 Å². The first kappa shape index (κ1) is 15.7. The lowest BCUT2D eigenvalue weighted by Crippen LogP contribution is -2.31. The molecule has 0 heterocycles. The van der Waals surface area contributed by atoms with Gasteiger partial charge in [0.05, 0.1) is 0 Å². The summed E-state index contributed by atoms with van der Waals surface area (Å²) >= 11 is 0. The van der Waals surface area contributed by atoms with Crippen molar-refractivity contribution in [2.24, 2.45) is 11.8 Å². The molecule has 0 bridgehead atoms. The molecule has 1 N–H and O–H groups in total. The third-order valence-corrected chi connectivity index (χ3v) is 4.06. The van der Waals surface area contributed by atoms with Gasteiger partial charge in [-0.3, -0.25) is 0 Å². The van der Waals surface area contributed by atoms with Crippen molar-refractivity contribution in [3.05, 3.63) is 11.6 Å². The van der Waals surface area contributed by atoms with Crippen LogP contribution in [0.5, 0.6) is 0 Å². The van der Waals surface area contributed by atoms with Gasteiger partial charge in [0, 0.05) is 6.04 Å². The van der Waals surface area contributed by atoms with Crippen LogP contribution in [0.3, 0.4) is 0 Å². The lowest BCUT2D eigenvalue weighted by molar-refractivity contribution is 0.267. The van der Waals surface area contributed by atoms with Crippen LogP contribution in [0.4, 0.5) is 0 Å². The molecule has 2 heteroatoms. The normalized spacial score (nSPS) is 24.7. The third-order valence-electron chi connectivity index (χ3n) is 4.06. The summed E-state index contributed by atoms with van der Waals surface area (Å²) in [5.74, 6) is 1.63. The first-order valence-corrected chi connectivity index (χ1v) is 7.57. The SMILES string of the molecule is CC1=CC(C)CC(CNCCCN(C)C(C)C)C1. The highest BCUT2D eigenvalue weighted by atomic mass is 15.1. The van der Waals surface area contributed by atoms with E-state index in [0.717, 1.165) is 18.4 Å². The largest absolute Gasteiger partial charge is 0.316 e. The average molecular weight is 252 g/mol. The fourth-order valence-corrected chi connectivity index (χ4v) is 2.86. The van der Waals surface area contributed by atoms with Crippen molar-refractivity contribution in [2.45, 2.75) is 53.0 Å². The Hall–Kier alpha value is -0.340. The van der Waals surface area contributed by atoms with E-state index in [1.54, 1.807) is 5.57 Å². The molecule has 0 saturated heterocycles. The predicted molar refractivity (Wildman–Crippen MR) is 80.9 cm³/mol. The summed E-state index contributed by atoms with van der Waals surface area (Å²) in [6.07, 6.45) is 6.35. The van der Waals surface area contributed by atoms with Gasteiger partial charge in [0.1, 0.15) is 0 Å². The molecule has 0 aromatic heterocycles. The summed E-state index contributed by atoms with van der Waals surface area (Å²) in [4.78, 5) is 2.41. The third kappa shape index (κ3) is 6.01. The molecule has 2 nitrogen and oxygen atoms in total. The average Bonchev–Trinajstić information content (AvgIpc) is 2.26. The minimum absolute atomic E-state index is 0.664. The van der Waals surface area contributed by atoms with Crippen molar-refractivity contribution < 1.29 is 0 Å². The van der Waals surface area contributed by atoms with Gasteiger partial charge in [-0.2, -0.15) is 0 Å². The Morgan fingerprint density at radius 1 is 1.44 bits per heavy atom. The summed E-state index contributed by atoms with van der Waals surface area (Å²) in [6.45, 7) is 12.7. The van der Waals surface area contributed by atoms with Crippen molar-refractivity contribution in [2.75, 3.05) is 26.7 Å². The maximum absolute atomic E-state index is 3.64. The molecule has 0 saturated carbocycles. The van der Waals surface area contributed by atoms with E-state index in [0.29, 0.717) is 6.04 Å². The Morgan fingerprint density at radius 3 is 2.78 bits per heavy atom. The predicted octanol–water partition coefficient (Wildman–Crippen LogP) is 3.30. The van der Waals surface area contributed by atoms with Crippen LogP contribution in [0.1, 0.15) is 47.0 Å². The molecule has 18 heavy (non-hydrogen) atoms. The molecule has 1 aliphatic carbocycles. The van der Waals surface area contributed by atoms with E-state index in [1.807, 2.05) is 0 Å². The van der Waals surface area contributed by atoms with Crippen LogP contribution >= 0.6 is 0 Å². The van der Waals surface area contributed by atoms with E-state index in [1.165, 1.54) is 32.4 Å². The zero-order chi connectivity index (χ0) is 13.5. The highest BCUT2D eigenvalue weighted by Crippen LogP contribution is 2.27. The molecule has 2 unspecified atom stereocenters. The van der Waals surface area contributed by atoms with E-state index in [9.17, 15) is 0 Å². The highest BCUT2D eigenvalue weighted by molar-refractivity contribution is 5.06. The fourth-order valence-electron chi connectivity index (χ4n) is 2.86. The Morgan fingerprint density at radius 2 is 2.17 bits per heavy atom. The maximum Gasteiger partial charge on any atom is 0.00355 e. The van der Waals surface area contributed by atoms with Gasteiger partial charge in [-0.15, -0.1) is 0 Å². The summed E-state index contributed by atoms with van der Waals surface area (Å²) in [5.41, 5.74) is 1.58. The van der Waals surface area contributed by atoms with E-state index >= 15 is 0 Å². The summed E-state index contributed by atoms with van der Waals surface area (Å²) < 4.78 is 0. The van der Waals surface area contributed by atoms with Gasteiger partial charge in [0.2, 0.25) is 0 Å². The second kappa shape index (κ2) is 7.96. The second-order valence-corrected chi connectivity index (χ2v) is 6.43. The van der Waals surface area contributed by atoms with Gasteiger partial charge in [0.15, 0.2) is 0 Å². The summed E-state index contributed by atoms with van der Waals surface area (Å²) in [6, 6.07) is 0.664. The monoisotopic (exact) mass is 252 g/mol. The van der Waals surface area contributed by atoms with Crippen LogP contribution in [0, 0.1) is 11.8 Å². The minimum Gasteiger partial charge on any atom is -0.316 e. The quantitative estimate of drug-likeness (QED) is 0.552. The van der Waals surface area contributed by atoms with Crippen LogP contribution < -0.4 is 5.32 Å². The molecule has 0 aromatic rings. The molecule has 0 aromatic carbocycles. The van der Waals surface area contributed by atoms with Gasteiger partial charge in [0.25, 0.3) is 0 Å². The molecule has 0 radical (unpaired) electrons. The van der Waals surface area contributed by atoms with Crippen molar-refractivity contribution in [1.82, 2.24) is 10.2 Å².